The van der Waals surface area contributed by atoms with Crippen LogP contribution in [-0.2, 0) is 13.1 Å². The zero-order valence-corrected chi connectivity index (χ0v) is 9.54. The van der Waals surface area contributed by atoms with Crippen molar-refractivity contribution in [2.24, 2.45) is 0 Å². The summed E-state index contributed by atoms with van der Waals surface area (Å²) in [4.78, 5) is 0. The maximum absolute atomic E-state index is 4.51. The van der Waals surface area contributed by atoms with Gasteiger partial charge in [-0.25, -0.2) is 0 Å². The third-order valence-corrected chi connectivity index (χ3v) is 2.68. The molecule has 0 saturated carbocycles. The van der Waals surface area contributed by atoms with E-state index in [1.54, 1.807) is 0 Å². The van der Waals surface area contributed by atoms with Gasteiger partial charge in [0.15, 0.2) is 0 Å². The summed E-state index contributed by atoms with van der Waals surface area (Å²) >= 11 is 0. The quantitative estimate of drug-likeness (QED) is 0.827. The van der Waals surface area contributed by atoms with E-state index < -0.39 is 0 Å². The minimum atomic E-state index is 0.909. The summed E-state index contributed by atoms with van der Waals surface area (Å²) < 4.78 is 2.05. The normalized spacial score (nSPS) is 11.1. The first-order chi connectivity index (χ1) is 7.26. The Morgan fingerprint density at radius 2 is 2.20 bits per heavy atom. The highest BCUT2D eigenvalue weighted by atomic mass is 15.3. The molecule has 1 heterocycles. The van der Waals surface area contributed by atoms with Gasteiger partial charge in [-0.15, -0.1) is 0 Å². The fourth-order valence-electron chi connectivity index (χ4n) is 1.94. The second-order valence-electron chi connectivity index (χ2n) is 3.78. The molecule has 15 heavy (non-hydrogen) atoms. The molecule has 0 radical (unpaired) electrons. The first kappa shape index (κ1) is 10.2. The molecule has 80 valence electrons. The van der Waals surface area contributed by atoms with Crippen molar-refractivity contribution in [3.05, 3.63) is 29.5 Å². The molecule has 0 amide bonds. The molecule has 0 aliphatic heterocycles. The standard InChI is InChI=1S/C12H17N3/c1-4-15-12-6-5-10(8-13-3)7-11(12)9(2)14-15/h5-7,13H,4,8H2,1-3H3. The lowest BCUT2D eigenvalue weighted by Crippen LogP contribution is -2.04. The number of rotatable bonds is 3. The van der Waals surface area contributed by atoms with E-state index >= 15 is 0 Å². The Morgan fingerprint density at radius 3 is 2.87 bits per heavy atom. The number of benzene rings is 1. The minimum absolute atomic E-state index is 0.909. The molecular weight excluding hydrogens is 186 g/mol. The summed E-state index contributed by atoms with van der Waals surface area (Å²) in [7, 11) is 1.96. The highest BCUT2D eigenvalue weighted by Crippen LogP contribution is 2.19. The molecule has 2 rings (SSSR count). The van der Waals surface area contributed by atoms with Gasteiger partial charge in [0.25, 0.3) is 0 Å². The zero-order valence-electron chi connectivity index (χ0n) is 9.54. The molecule has 1 aromatic heterocycles. The summed E-state index contributed by atoms with van der Waals surface area (Å²) in [6, 6.07) is 6.54. The predicted octanol–water partition coefficient (Wildman–Crippen LogP) is 2.08. The van der Waals surface area contributed by atoms with E-state index in [1.807, 2.05) is 11.7 Å². The van der Waals surface area contributed by atoms with E-state index in [9.17, 15) is 0 Å². The maximum Gasteiger partial charge on any atom is 0.0685 e. The van der Waals surface area contributed by atoms with Gasteiger partial charge < -0.3 is 5.32 Å². The van der Waals surface area contributed by atoms with Crippen molar-refractivity contribution in [3.8, 4) is 0 Å². The fourth-order valence-corrected chi connectivity index (χ4v) is 1.94. The van der Waals surface area contributed by atoms with Crippen molar-refractivity contribution in [2.45, 2.75) is 26.9 Å². The number of aryl methyl sites for hydroxylation is 2. The molecule has 0 aliphatic rings. The smallest absolute Gasteiger partial charge is 0.0685 e. The van der Waals surface area contributed by atoms with Crippen LogP contribution in [0.1, 0.15) is 18.2 Å². The molecule has 1 N–H and O–H groups in total. The molecule has 0 saturated heterocycles. The third kappa shape index (κ3) is 1.75. The number of aromatic nitrogens is 2. The SMILES string of the molecule is CCn1nc(C)c2cc(CNC)ccc21. The van der Waals surface area contributed by atoms with Gasteiger partial charge in [-0.1, -0.05) is 6.07 Å². The number of hydrogen-bond donors (Lipinski definition) is 1. The lowest BCUT2D eigenvalue weighted by molar-refractivity contribution is 0.676. The van der Waals surface area contributed by atoms with Crippen LogP contribution in [0.4, 0.5) is 0 Å². The number of nitrogens with zero attached hydrogens (tertiary/aromatic N) is 2. The van der Waals surface area contributed by atoms with Crippen LogP contribution in [0, 0.1) is 6.92 Å². The fraction of sp³-hybridized carbons (Fsp3) is 0.417. The highest BCUT2D eigenvalue weighted by molar-refractivity contribution is 5.82. The lowest BCUT2D eigenvalue weighted by atomic mass is 10.1. The zero-order chi connectivity index (χ0) is 10.8. The van der Waals surface area contributed by atoms with E-state index in [-0.39, 0.29) is 0 Å². The topological polar surface area (TPSA) is 29.9 Å². The Morgan fingerprint density at radius 1 is 1.40 bits per heavy atom. The Bertz CT molecular complexity index is 471. The average molecular weight is 203 g/mol. The van der Waals surface area contributed by atoms with E-state index in [2.05, 4.69) is 42.5 Å². The van der Waals surface area contributed by atoms with Crippen molar-refractivity contribution >= 4 is 10.9 Å². The van der Waals surface area contributed by atoms with Crippen LogP contribution in [0.3, 0.4) is 0 Å². The average Bonchev–Trinajstić information content (AvgIpc) is 2.56. The number of fused-ring (bicyclic) bond motifs is 1. The van der Waals surface area contributed by atoms with Crippen LogP contribution < -0.4 is 5.32 Å². The Hall–Kier alpha value is -1.35. The molecular formula is C12H17N3. The summed E-state index contributed by atoms with van der Waals surface area (Å²) in [6.07, 6.45) is 0. The maximum atomic E-state index is 4.51. The molecule has 0 fully saturated rings. The first-order valence-corrected chi connectivity index (χ1v) is 5.37. The van der Waals surface area contributed by atoms with Crippen LogP contribution in [-0.4, -0.2) is 16.8 Å². The number of hydrogen-bond acceptors (Lipinski definition) is 2. The first-order valence-electron chi connectivity index (χ1n) is 5.37. The molecule has 0 bridgehead atoms. The van der Waals surface area contributed by atoms with Crippen molar-refractivity contribution in [1.29, 1.82) is 0 Å². The van der Waals surface area contributed by atoms with Gasteiger partial charge in [-0.3, -0.25) is 4.68 Å². The second kappa shape index (κ2) is 4.03. The van der Waals surface area contributed by atoms with Gasteiger partial charge in [0.05, 0.1) is 11.2 Å². The van der Waals surface area contributed by atoms with E-state index in [0.29, 0.717) is 0 Å². The van der Waals surface area contributed by atoms with Crippen molar-refractivity contribution in [3.63, 3.8) is 0 Å². The van der Waals surface area contributed by atoms with Gasteiger partial charge in [-0.2, -0.15) is 5.10 Å². The summed E-state index contributed by atoms with van der Waals surface area (Å²) in [5.74, 6) is 0. The number of nitrogens with one attached hydrogen (secondary N) is 1. The molecule has 3 nitrogen and oxygen atoms in total. The van der Waals surface area contributed by atoms with Crippen LogP contribution in [0.25, 0.3) is 10.9 Å². The van der Waals surface area contributed by atoms with Crippen LogP contribution in [0.15, 0.2) is 18.2 Å². The van der Waals surface area contributed by atoms with Crippen LogP contribution in [0.5, 0.6) is 0 Å². The van der Waals surface area contributed by atoms with E-state index in [4.69, 9.17) is 0 Å². The largest absolute Gasteiger partial charge is 0.316 e. The molecule has 2 aromatic rings. The molecule has 1 aromatic carbocycles. The Kier molecular flexibility index (Phi) is 2.73. The molecule has 0 unspecified atom stereocenters. The van der Waals surface area contributed by atoms with Crippen molar-refractivity contribution in [2.75, 3.05) is 7.05 Å². The van der Waals surface area contributed by atoms with E-state index in [0.717, 1.165) is 18.8 Å². The second-order valence-corrected chi connectivity index (χ2v) is 3.78. The Balaban J connectivity index is 2.56. The monoisotopic (exact) mass is 203 g/mol. The predicted molar refractivity (Wildman–Crippen MR) is 62.9 cm³/mol. The molecule has 3 heteroatoms. The van der Waals surface area contributed by atoms with Gasteiger partial charge in [0.2, 0.25) is 0 Å². The van der Waals surface area contributed by atoms with Gasteiger partial charge in [0, 0.05) is 18.5 Å². The highest BCUT2D eigenvalue weighted by Gasteiger charge is 2.06. The molecule has 0 atom stereocenters. The molecule has 0 spiro atoms. The summed E-state index contributed by atoms with van der Waals surface area (Å²) in [6.45, 7) is 6.02. The minimum Gasteiger partial charge on any atom is -0.316 e. The molecule has 0 aliphatic carbocycles. The van der Waals surface area contributed by atoms with Crippen molar-refractivity contribution in [1.82, 2.24) is 15.1 Å². The summed E-state index contributed by atoms with van der Waals surface area (Å²) in [5, 5.41) is 8.94. The third-order valence-electron chi connectivity index (χ3n) is 2.68. The van der Waals surface area contributed by atoms with Gasteiger partial charge in [0.1, 0.15) is 0 Å². The summed E-state index contributed by atoms with van der Waals surface area (Å²) in [5.41, 5.74) is 3.66. The van der Waals surface area contributed by atoms with Gasteiger partial charge in [-0.05, 0) is 38.6 Å². The van der Waals surface area contributed by atoms with Crippen LogP contribution in [0.2, 0.25) is 0 Å². The van der Waals surface area contributed by atoms with E-state index in [1.165, 1.54) is 16.5 Å². The van der Waals surface area contributed by atoms with Gasteiger partial charge >= 0.3 is 0 Å². The van der Waals surface area contributed by atoms with Crippen molar-refractivity contribution < 1.29 is 0 Å². The van der Waals surface area contributed by atoms with Crippen LogP contribution >= 0.6 is 0 Å². The Labute approximate surface area is 90.1 Å². The lowest BCUT2D eigenvalue weighted by Gasteiger charge is -2.01.